The van der Waals surface area contributed by atoms with Crippen LogP contribution in [0.3, 0.4) is 0 Å². The van der Waals surface area contributed by atoms with Gasteiger partial charge in [0.05, 0.1) is 6.54 Å². The zero-order valence-electron chi connectivity index (χ0n) is 13.2. The molecule has 7 heteroatoms. The van der Waals surface area contributed by atoms with Crippen molar-refractivity contribution in [2.24, 2.45) is 0 Å². The molecule has 0 fully saturated rings. The molecule has 2 N–H and O–H groups in total. The fraction of sp³-hybridized carbons (Fsp3) is 0.278. The fourth-order valence-electron chi connectivity index (χ4n) is 2.34. The van der Waals surface area contributed by atoms with Crippen molar-refractivity contribution in [3.05, 3.63) is 70.2 Å². The number of carbonyl (C=O) groups is 1. The Balaban J connectivity index is 2.01. The number of benzene rings is 2. The summed E-state index contributed by atoms with van der Waals surface area (Å²) in [5.41, 5.74) is -2.56. The van der Waals surface area contributed by atoms with Gasteiger partial charge in [0.2, 0.25) is 11.5 Å². The molecule has 0 saturated heterocycles. The van der Waals surface area contributed by atoms with Gasteiger partial charge in [-0.15, -0.1) is 0 Å². The highest BCUT2D eigenvalue weighted by Gasteiger charge is 2.55. The lowest BCUT2D eigenvalue weighted by Crippen LogP contribution is -2.51. The number of carbonyl (C=O) groups excluding carboxylic acids is 1. The van der Waals surface area contributed by atoms with Crippen molar-refractivity contribution in [2.45, 2.75) is 24.6 Å². The second-order valence-corrected chi connectivity index (χ2v) is 6.45. The van der Waals surface area contributed by atoms with Gasteiger partial charge in [0.25, 0.3) is 0 Å². The lowest BCUT2D eigenvalue weighted by atomic mass is 9.93. The maximum atomic E-state index is 13.3. The largest absolute Gasteiger partial charge is 0.423 e. The summed E-state index contributed by atoms with van der Waals surface area (Å²) >= 11 is 3.35. The summed E-state index contributed by atoms with van der Waals surface area (Å²) in [6.45, 7) is -0.935. The van der Waals surface area contributed by atoms with Gasteiger partial charge in [-0.05, 0) is 23.6 Å². The maximum Gasteiger partial charge on any atom is 0.423 e. The van der Waals surface area contributed by atoms with Gasteiger partial charge in [-0.25, -0.2) is 0 Å². The number of hydrogen-bond acceptors (Lipinski definition) is 2. The van der Waals surface area contributed by atoms with E-state index in [9.17, 15) is 23.1 Å². The Bertz CT molecular complexity index is 722. The van der Waals surface area contributed by atoms with Gasteiger partial charge in [-0.1, -0.05) is 64.5 Å². The Hall–Kier alpha value is -1.86. The molecule has 0 unspecified atom stereocenters. The molecule has 0 aliphatic heterocycles. The summed E-state index contributed by atoms with van der Waals surface area (Å²) < 4.78 is 40.8. The van der Waals surface area contributed by atoms with Crippen LogP contribution in [0.15, 0.2) is 59.1 Å². The molecule has 0 aliphatic carbocycles. The van der Waals surface area contributed by atoms with E-state index < -0.39 is 24.2 Å². The number of hydrogen-bond donors (Lipinski definition) is 2. The molecule has 3 nitrogen and oxygen atoms in total. The minimum absolute atomic E-state index is 0.0192. The molecule has 0 aliphatic rings. The molecule has 0 radical (unpaired) electrons. The van der Waals surface area contributed by atoms with Crippen molar-refractivity contribution < 1.29 is 23.1 Å². The average Bonchev–Trinajstić information content (AvgIpc) is 2.58. The van der Waals surface area contributed by atoms with Gasteiger partial charge < -0.3 is 10.4 Å². The molecule has 0 aromatic heterocycles. The predicted molar refractivity (Wildman–Crippen MR) is 91.9 cm³/mol. The molecule has 0 saturated carbocycles. The third-order valence-electron chi connectivity index (χ3n) is 3.84. The third-order valence-corrected chi connectivity index (χ3v) is 4.61. The van der Waals surface area contributed by atoms with Crippen molar-refractivity contribution in [2.75, 3.05) is 6.54 Å². The van der Waals surface area contributed by atoms with Gasteiger partial charge in [0.15, 0.2) is 0 Å². The van der Waals surface area contributed by atoms with Crippen LogP contribution in [-0.4, -0.2) is 23.7 Å². The summed E-state index contributed by atoms with van der Waals surface area (Å²) in [6.07, 6.45) is -4.52. The van der Waals surface area contributed by atoms with Crippen LogP contribution < -0.4 is 5.32 Å². The minimum atomic E-state index is -4.91. The quantitative estimate of drug-likeness (QED) is 0.750. The van der Waals surface area contributed by atoms with Crippen LogP contribution in [0.5, 0.6) is 0 Å². The Morgan fingerprint density at radius 3 is 2.24 bits per heavy atom. The van der Waals surface area contributed by atoms with Gasteiger partial charge in [-0.3, -0.25) is 4.79 Å². The van der Waals surface area contributed by atoms with Crippen molar-refractivity contribution >= 4 is 21.8 Å². The van der Waals surface area contributed by atoms with E-state index in [1.54, 1.807) is 6.07 Å². The first-order valence-electron chi connectivity index (χ1n) is 7.59. The molecule has 2 aromatic rings. The molecule has 0 spiro atoms. The zero-order chi connectivity index (χ0) is 18.5. The molecule has 1 amide bonds. The number of alkyl halides is 3. The van der Waals surface area contributed by atoms with E-state index in [2.05, 4.69) is 21.2 Å². The van der Waals surface area contributed by atoms with E-state index in [-0.39, 0.29) is 12.0 Å². The second kappa shape index (κ2) is 8.01. The molecular weight excluding hydrogens is 399 g/mol. The van der Waals surface area contributed by atoms with E-state index >= 15 is 0 Å². The van der Waals surface area contributed by atoms with Crippen LogP contribution in [0.25, 0.3) is 0 Å². The molecule has 134 valence electrons. The number of nitrogens with one attached hydrogen (secondary N) is 1. The molecular formula is C18H17BrF3NO2. The first kappa shape index (κ1) is 19.5. The summed E-state index contributed by atoms with van der Waals surface area (Å²) in [5, 5.41) is 12.3. The smallest absolute Gasteiger partial charge is 0.375 e. The van der Waals surface area contributed by atoms with E-state index in [1.165, 1.54) is 24.3 Å². The molecule has 1 atom stereocenters. The van der Waals surface area contributed by atoms with Crippen LogP contribution in [0.1, 0.15) is 17.5 Å². The van der Waals surface area contributed by atoms with Gasteiger partial charge in [0, 0.05) is 10.9 Å². The Morgan fingerprint density at radius 1 is 1.04 bits per heavy atom. The topological polar surface area (TPSA) is 49.3 Å². The summed E-state index contributed by atoms with van der Waals surface area (Å²) in [6, 6.07) is 14.0. The van der Waals surface area contributed by atoms with Crippen LogP contribution >= 0.6 is 15.9 Å². The monoisotopic (exact) mass is 415 g/mol. The Labute approximate surface area is 152 Å². The highest BCUT2D eigenvalue weighted by Crippen LogP contribution is 2.38. The van der Waals surface area contributed by atoms with Crippen molar-refractivity contribution in [1.29, 1.82) is 0 Å². The average molecular weight is 416 g/mol. The van der Waals surface area contributed by atoms with Crippen molar-refractivity contribution in [3.8, 4) is 0 Å². The number of halogens is 4. The SMILES string of the molecule is O=C(CCc1ccccc1Br)NC[C@@](O)(c1ccccc1)C(F)(F)F. The molecule has 2 aromatic carbocycles. The third kappa shape index (κ3) is 4.83. The van der Waals surface area contributed by atoms with E-state index in [4.69, 9.17) is 0 Å². The van der Waals surface area contributed by atoms with Crippen LogP contribution in [-0.2, 0) is 16.8 Å². The van der Waals surface area contributed by atoms with E-state index in [0.717, 1.165) is 10.0 Å². The molecule has 0 bridgehead atoms. The second-order valence-electron chi connectivity index (χ2n) is 5.59. The van der Waals surface area contributed by atoms with Crippen LogP contribution in [0.2, 0.25) is 0 Å². The predicted octanol–water partition coefficient (Wildman–Crippen LogP) is 3.95. The van der Waals surface area contributed by atoms with Gasteiger partial charge in [-0.2, -0.15) is 13.2 Å². The fourth-order valence-corrected chi connectivity index (χ4v) is 2.83. The highest BCUT2D eigenvalue weighted by atomic mass is 79.9. The van der Waals surface area contributed by atoms with Crippen molar-refractivity contribution in [3.63, 3.8) is 0 Å². The first-order chi connectivity index (χ1) is 11.7. The first-order valence-corrected chi connectivity index (χ1v) is 8.38. The maximum absolute atomic E-state index is 13.3. The number of rotatable bonds is 6. The van der Waals surface area contributed by atoms with E-state index in [0.29, 0.717) is 6.42 Å². The Kier molecular flexibility index (Phi) is 6.24. The molecule has 0 heterocycles. The van der Waals surface area contributed by atoms with E-state index in [1.807, 2.05) is 24.3 Å². The zero-order valence-corrected chi connectivity index (χ0v) is 14.8. The number of aryl methyl sites for hydroxylation is 1. The summed E-state index contributed by atoms with van der Waals surface area (Å²) in [7, 11) is 0. The number of aliphatic hydroxyl groups is 1. The van der Waals surface area contributed by atoms with Gasteiger partial charge >= 0.3 is 6.18 Å². The lowest BCUT2D eigenvalue weighted by Gasteiger charge is -2.31. The normalized spacial score (nSPS) is 14.0. The minimum Gasteiger partial charge on any atom is -0.375 e. The standard InChI is InChI=1S/C18H17BrF3NO2/c19-15-9-5-4-6-13(15)10-11-16(24)23-12-17(25,18(20,21)22)14-7-2-1-3-8-14/h1-9,25H,10-12H2,(H,23,24)/t17-/m1/s1. The summed E-state index contributed by atoms with van der Waals surface area (Å²) in [5.74, 6) is -0.561. The molecule has 2 rings (SSSR count). The van der Waals surface area contributed by atoms with Crippen LogP contribution in [0.4, 0.5) is 13.2 Å². The van der Waals surface area contributed by atoms with Gasteiger partial charge in [0.1, 0.15) is 0 Å². The van der Waals surface area contributed by atoms with Crippen molar-refractivity contribution in [1.82, 2.24) is 5.32 Å². The van der Waals surface area contributed by atoms with Crippen LogP contribution in [0, 0.1) is 0 Å². The number of amides is 1. The molecule has 25 heavy (non-hydrogen) atoms. The Morgan fingerprint density at radius 2 is 1.64 bits per heavy atom. The highest BCUT2D eigenvalue weighted by molar-refractivity contribution is 9.10. The lowest BCUT2D eigenvalue weighted by molar-refractivity contribution is -0.264. The summed E-state index contributed by atoms with van der Waals surface area (Å²) in [4.78, 5) is 11.9.